The molecule has 1 aromatic heterocycles. The minimum absolute atomic E-state index is 0.259. The maximum Gasteiger partial charge on any atom is 0.253 e. The molecule has 0 saturated carbocycles. The van der Waals surface area contributed by atoms with E-state index in [2.05, 4.69) is 27.2 Å². The van der Waals surface area contributed by atoms with Gasteiger partial charge in [-0.2, -0.15) is 0 Å². The zero-order valence-electron chi connectivity index (χ0n) is 17.1. The largest absolute Gasteiger partial charge is 0.361 e. The normalized spacial score (nSPS) is 11.8. The third-order valence-corrected chi connectivity index (χ3v) is 4.39. The fraction of sp³-hybridized carbons (Fsp3) is 0.125. The summed E-state index contributed by atoms with van der Waals surface area (Å²) in [6.07, 6.45) is 8.63. The lowest BCUT2D eigenvalue weighted by Gasteiger charge is -2.16. The summed E-state index contributed by atoms with van der Waals surface area (Å²) < 4.78 is 18.7. The Morgan fingerprint density at radius 1 is 1.16 bits per heavy atom. The summed E-state index contributed by atoms with van der Waals surface area (Å²) in [6.45, 7) is 3.61. The zero-order valence-corrected chi connectivity index (χ0v) is 17.1. The number of benzene rings is 2. The van der Waals surface area contributed by atoms with Crippen LogP contribution in [0.25, 0.3) is 11.1 Å². The molecule has 0 bridgehead atoms. The van der Waals surface area contributed by atoms with Crippen LogP contribution in [-0.4, -0.2) is 29.2 Å². The molecule has 7 heteroatoms. The Morgan fingerprint density at radius 3 is 2.65 bits per heavy atom. The van der Waals surface area contributed by atoms with Gasteiger partial charge >= 0.3 is 0 Å². The third kappa shape index (κ3) is 6.32. The number of aromatic nitrogens is 2. The molecule has 0 aliphatic heterocycles. The maximum atomic E-state index is 13.4. The Hall–Kier alpha value is -3.84. The van der Waals surface area contributed by atoms with E-state index in [0.29, 0.717) is 34.7 Å². The van der Waals surface area contributed by atoms with E-state index in [1.807, 2.05) is 6.08 Å². The van der Waals surface area contributed by atoms with Crippen LogP contribution < -0.4 is 10.6 Å². The number of nitrogens with one attached hydrogen (secondary N) is 2. The van der Waals surface area contributed by atoms with E-state index >= 15 is 0 Å². The van der Waals surface area contributed by atoms with Crippen molar-refractivity contribution in [3.05, 3.63) is 97.1 Å². The first kappa shape index (κ1) is 21.9. The molecule has 0 aliphatic rings. The number of methoxy groups -OCH3 is 1. The minimum atomic E-state index is -0.445. The molecule has 1 unspecified atom stereocenters. The van der Waals surface area contributed by atoms with Gasteiger partial charge in [0.1, 0.15) is 12.0 Å². The Bertz CT molecular complexity index is 1070. The predicted octanol–water partition coefficient (Wildman–Crippen LogP) is 4.86. The Labute approximate surface area is 180 Å². The zero-order chi connectivity index (χ0) is 22.1. The van der Waals surface area contributed by atoms with E-state index in [1.165, 1.54) is 19.2 Å². The first-order valence-electron chi connectivity index (χ1n) is 9.65. The van der Waals surface area contributed by atoms with Crippen LogP contribution >= 0.6 is 0 Å². The maximum absolute atomic E-state index is 13.4. The predicted molar refractivity (Wildman–Crippen MR) is 119 cm³/mol. The number of amides is 1. The molecule has 0 spiro atoms. The van der Waals surface area contributed by atoms with Crippen LogP contribution in [0.3, 0.4) is 0 Å². The SMILES string of the molecule is C=C/C=C\CC(NC(=O)c1cccc(Nc2ncc(-c3cccc(F)c3)cn2)c1)OC. The molecule has 0 fully saturated rings. The van der Waals surface area contributed by atoms with Crippen LogP contribution in [0.4, 0.5) is 16.0 Å². The number of anilines is 2. The lowest BCUT2D eigenvalue weighted by atomic mass is 10.1. The quantitative estimate of drug-likeness (QED) is 0.383. The Balaban J connectivity index is 1.66. The molecule has 3 aromatic rings. The van der Waals surface area contributed by atoms with Crippen LogP contribution in [-0.2, 0) is 4.74 Å². The molecule has 2 aromatic carbocycles. The van der Waals surface area contributed by atoms with Gasteiger partial charge in [0.15, 0.2) is 0 Å². The highest BCUT2D eigenvalue weighted by atomic mass is 19.1. The van der Waals surface area contributed by atoms with Gasteiger partial charge in [-0.1, -0.05) is 43.0 Å². The minimum Gasteiger partial charge on any atom is -0.361 e. The third-order valence-electron chi connectivity index (χ3n) is 4.39. The molecule has 1 heterocycles. The number of rotatable bonds is 9. The van der Waals surface area contributed by atoms with Crippen molar-refractivity contribution in [2.24, 2.45) is 0 Å². The number of halogens is 1. The lowest BCUT2D eigenvalue weighted by molar-refractivity contribution is 0.0593. The second-order valence-corrected chi connectivity index (χ2v) is 6.61. The summed E-state index contributed by atoms with van der Waals surface area (Å²) in [5.41, 5.74) is 2.53. The number of ether oxygens (including phenoxy) is 1. The Morgan fingerprint density at radius 2 is 1.94 bits per heavy atom. The van der Waals surface area contributed by atoms with Crippen molar-refractivity contribution in [3.63, 3.8) is 0 Å². The van der Waals surface area contributed by atoms with Crippen molar-refractivity contribution in [2.45, 2.75) is 12.6 Å². The summed E-state index contributed by atoms with van der Waals surface area (Å²) >= 11 is 0. The highest BCUT2D eigenvalue weighted by molar-refractivity contribution is 5.95. The number of allylic oxidation sites excluding steroid dienone is 2. The summed E-state index contributed by atoms with van der Waals surface area (Å²) in [7, 11) is 1.54. The highest BCUT2D eigenvalue weighted by Gasteiger charge is 2.12. The second kappa shape index (κ2) is 10.8. The van der Waals surface area contributed by atoms with Crippen molar-refractivity contribution >= 4 is 17.5 Å². The topological polar surface area (TPSA) is 76.1 Å². The van der Waals surface area contributed by atoms with Crippen LogP contribution in [0.15, 0.2) is 85.7 Å². The average molecular weight is 418 g/mol. The van der Waals surface area contributed by atoms with Gasteiger partial charge in [-0.15, -0.1) is 0 Å². The molecule has 0 aliphatic carbocycles. The molecular formula is C24H23FN4O2. The molecule has 31 heavy (non-hydrogen) atoms. The van der Waals surface area contributed by atoms with Gasteiger partial charge in [-0.3, -0.25) is 4.79 Å². The van der Waals surface area contributed by atoms with E-state index in [4.69, 9.17) is 4.74 Å². The van der Waals surface area contributed by atoms with Gasteiger partial charge in [-0.05, 0) is 35.9 Å². The second-order valence-electron chi connectivity index (χ2n) is 6.61. The molecule has 6 nitrogen and oxygen atoms in total. The van der Waals surface area contributed by atoms with Gasteiger partial charge < -0.3 is 15.4 Å². The van der Waals surface area contributed by atoms with Gasteiger partial charge in [-0.25, -0.2) is 14.4 Å². The van der Waals surface area contributed by atoms with Crippen molar-refractivity contribution in [1.82, 2.24) is 15.3 Å². The number of nitrogens with zero attached hydrogens (tertiary/aromatic N) is 2. The van der Waals surface area contributed by atoms with Gasteiger partial charge in [0, 0.05) is 42.7 Å². The molecule has 0 radical (unpaired) electrons. The van der Waals surface area contributed by atoms with Gasteiger partial charge in [0.05, 0.1) is 0 Å². The standard InChI is InChI=1S/C24H23FN4O2/c1-3-4-5-12-22(31-2)29-23(30)18-9-7-11-21(14-18)28-24-26-15-19(16-27-24)17-8-6-10-20(25)13-17/h3-11,13-16,22H,1,12H2,2H3,(H,29,30)(H,26,27,28)/b5-4-. The first-order chi connectivity index (χ1) is 15.1. The van der Waals surface area contributed by atoms with Crippen molar-refractivity contribution in [2.75, 3.05) is 12.4 Å². The number of carbonyl (C=O) groups excluding carboxylic acids is 1. The Kier molecular flexibility index (Phi) is 7.61. The van der Waals surface area contributed by atoms with E-state index in [9.17, 15) is 9.18 Å². The van der Waals surface area contributed by atoms with Crippen molar-refractivity contribution < 1.29 is 13.9 Å². The van der Waals surface area contributed by atoms with E-state index in [0.717, 1.165) is 0 Å². The molecule has 2 N–H and O–H groups in total. The summed E-state index contributed by atoms with van der Waals surface area (Å²) in [5, 5.41) is 5.90. The van der Waals surface area contributed by atoms with E-state index in [1.54, 1.807) is 60.9 Å². The smallest absolute Gasteiger partial charge is 0.253 e. The van der Waals surface area contributed by atoms with E-state index in [-0.39, 0.29) is 11.7 Å². The molecular weight excluding hydrogens is 395 g/mol. The summed E-state index contributed by atoms with van der Waals surface area (Å²) in [6, 6.07) is 13.2. The van der Waals surface area contributed by atoms with Crippen LogP contribution in [0.1, 0.15) is 16.8 Å². The fourth-order valence-electron chi connectivity index (χ4n) is 2.82. The number of carbonyl (C=O) groups is 1. The molecule has 0 saturated heterocycles. The summed E-state index contributed by atoms with van der Waals surface area (Å²) in [5.74, 6) is -0.214. The van der Waals surface area contributed by atoms with Crippen molar-refractivity contribution in [3.8, 4) is 11.1 Å². The fourth-order valence-corrected chi connectivity index (χ4v) is 2.82. The number of hydrogen-bond donors (Lipinski definition) is 2. The van der Waals surface area contributed by atoms with Crippen LogP contribution in [0.2, 0.25) is 0 Å². The first-order valence-corrected chi connectivity index (χ1v) is 9.65. The van der Waals surface area contributed by atoms with Crippen LogP contribution in [0, 0.1) is 5.82 Å². The average Bonchev–Trinajstić information content (AvgIpc) is 2.79. The van der Waals surface area contributed by atoms with Crippen molar-refractivity contribution in [1.29, 1.82) is 0 Å². The van der Waals surface area contributed by atoms with E-state index < -0.39 is 6.23 Å². The molecule has 158 valence electrons. The highest BCUT2D eigenvalue weighted by Crippen LogP contribution is 2.20. The summed E-state index contributed by atoms with van der Waals surface area (Å²) in [4.78, 5) is 21.1. The molecule has 3 rings (SSSR count). The lowest BCUT2D eigenvalue weighted by Crippen LogP contribution is -2.35. The van der Waals surface area contributed by atoms with Gasteiger partial charge in [0.25, 0.3) is 5.91 Å². The molecule has 1 atom stereocenters. The number of hydrogen-bond acceptors (Lipinski definition) is 5. The molecule has 1 amide bonds. The van der Waals surface area contributed by atoms with Crippen LogP contribution in [0.5, 0.6) is 0 Å². The monoisotopic (exact) mass is 418 g/mol. The van der Waals surface area contributed by atoms with Gasteiger partial charge in [0.2, 0.25) is 5.95 Å².